The molecule has 1 N–H and O–H groups in total. The first kappa shape index (κ1) is 11.6. The lowest BCUT2D eigenvalue weighted by molar-refractivity contribution is 0.122. The van der Waals surface area contributed by atoms with Crippen LogP contribution in [0.3, 0.4) is 0 Å². The van der Waals surface area contributed by atoms with Gasteiger partial charge in [-0.25, -0.2) is 4.98 Å². The van der Waals surface area contributed by atoms with E-state index in [1.807, 2.05) is 6.20 Å². The highest BCUT2D eigenvalue weighted by atomic mass is 16.5. The second-order valence-corrected chi connectivity index (χ2v) is 4.41. The molecular formula is C12H20N2O2. The molecule has 2 unspecified atom stereocenters. The number of aromatic nitrogens is 1. The van der Waals surface area contributed by atoms with Gasteiger partial charge in [0, 0.05) is 5.92 Å². The molecule has 0 amide bonds. The maximum atomic E-state index is 5.71. The van der Waals surface area contributed by atoms with E-state index in [1.54, 1.807) is 0 Å². The molecule has 1 aromatic rings. The van der Waals surface area contributed by atoms with Crippen molar-refractivity contribution in [2.45, 2.75) is 45.3 Å². The molecule has 0 bridgehead atoms. The van der Waals surface area contributed by atoms with E-state index in [0.717, 1.165) is 44.2 Å². The third-order valence-corrected chi connectivity index (χ3v) is 2.88. The highest BCUT2D eigenvalue weighted by Gasteiger charge is 2.26. The van der Waals surface area contributed by atoms with Gasteiger partial charge >= 0.3 is 0 Å². The number of nitrogens with zero attached hydrogens (tertiary/aromatic N) is 1. The minimum absolute atomic E-state index is 0.344. The second kappa shape index (κ2) is 5.46. The van der Waals surface area contributed by atoms with E-state index in [9.17, 15) is 0 Å². The number of rotatable bonds is 5. The van der Waals surface area contributed by atoms with Crippen molar-refractivity contribution in [2.24, 2.45) is 0 Å². The van der Waals surface area contributed by atoms with Gasteiger partial charge in [-0.15, -0.1) is 0 Å². The minimum Gasteiger partial charge on any atom is -0.444 e. The minimum atomic E-state index is 0.344. The molecule has 1 aliphatic heterocycles. The largest absolute Gasteiger partial charge is 0.444 e. The van der Waals surface area contributed by atoms with Crippen LogP contribution in [-0.2, 0) is 11.3 Å². The summed E-state index contributed by atoms with van der Waals surface area (Å²) < 4.78 is 11.2. The Morgan fingerprint density at radius 3 is 3.12 bits per heavy atom. The summed E-state index contributed by atoms with van der Waals surface area (Å²) in [5.41, 5.74) is 0. The SMILES string of the molecule is CCCNCc1ncc(C2COC(C)C2)o1. The lowest BCUT2D eigenvalue weighted by atomic mass is 10.0. The summed E-state index contributed by atoms with van der Waals surface area (Å²) in [5, 5.41) is 3.28. The molecule has 2 heterocycles. The van der Waals surface area contributed by atoms with Gasteiger partial charge in [-0.2, -0.15) is 0 Å². The van der Waals surface area contributed by atoms with Crippen molar-refractivity contribution in [1.82, 2.24) is 10.3 Å². The van der Waals surface area contributed by atoms with E-state index in [1.165, 1.54) is 0 Å². The van der Waals surface area contributed by atoms with Gasteiger partial charge in [0.15, 0.2) is 0 Å². The predicted octanol–water partition coefficient (Wildman–Crippen LogP) is 2.07. The summed E-state index contributed by atoms with van der Waals surface area (Å²) in [7, 11) is 0. The number of hydrogen-bond donors (Lipinski definition) is 1. The van der Waals surface area contributed by atoms with Crippen LogP contribution in [0.4, 0.5) is 0 Å². The lowest BCUT2D eigenvalue weighted by Gasteiger charge is -2.02. The number of hydrogen-bond acceptors (Lipinski definition) is 4. The molecule has 4 heteroatoms. The Morgan fingerprint density at radius 1 is 1.56 bits per heavy atom. The summed E-state index contributed by atoms with van der Waals surface area (Å²) in [5.74, 6) is 2.14. The van der Waals surface area contributed by atoms with Crippen LogP contribution in [0.2, 0.25) is 0 Å². The fourth-order valence-corrected chi connectivity index (χ4v) is 1.98. The van der Waals surface area contributed by atoms with Gasteiger partial charge in [0.05, 0.1) is 25.5 Å². The van der Waals surface area contributed by atoms with E-state index in [2.05, 4.69) is 24.1 Å². The first-order valence-electron chi connectivity index (χ1n) is 6.06. The molecule has 0 saturated carbocycles. The van der Waals surface area contributed by atoms with Crippen LogP contribution in [-0.4, -0.2) is 24.2 Å². The van der Waals surface area contributed by atoms with Crippen molar-refractivity contribution >= 4 is 0 Å². The van der Waals surface area contributed by atoms with E-state index >= 15 is 0 Å². The molecule has 2 rings (SSSR count). The molecule has 1 aromatic heterocycles. The summed E-state index contributed by atoms with van der Waals surface area (Å²) in [6.07, 6.45) is 4.35. The molecule has 1 aliphatic rings. The molecule has 0 aliphatic carbocycles. The number of nitrogens with one attached hydrogen (secondary N) is 1. The Morgan fingerprint density at radius 2 is 2.44 bits per heavy atom. The predicted molar refractivity (Wildman–Crippen MR) is 61.3 cm³/mol. The van der Waals surface area contributed by atoms with Crippen molar-refractivity contribution in [3.63, 3.8) is 0 Å². The third kappa shape index (κ3) is 2.83. The van der Waals surface area contributed by atoms with E-state index in [0.29, 0.717) is 12.0 Å². The van der Waals surface area contributed by atoms with Crippen LogP contribution in [0, 0.1) is 0 Å². The van der Waals surface area contributed by atoms with Crippen molar-refractivity contribution in [3.8, 4) is 0 Å². The van der Waals surface area contributed by atoms with E-state index < -0.39 is 0 Å². The van der Waals surface area contributed by atoms with Crippen LogP contribution in [0.15, 0.2) is 10.6 Å². The smallest absolute Gasteiger partial charge is 0.208 e. The van der Waals surface area contributed by atoms with Crippen LogP contribution < -0.4 is 5.32 Å². The topological polar surface area (TPSA) is 47.3 Å². The Labute approximate surface area is 96.4 Å². The van der Waals surface area contributed by atoms with Crippen LogP contribution >= 0.6 is 0 Å². The molecule has 16 heavy (non-hydrogen) atoms. The normalized spacial score (nSPS) is 25.1. The lowest BCUT2D eigenvalue weighted by Crippen LogP contribution is -2.13. The Balaban J connectivity index is 1.87. The quantitative estimate of drug-likeness (QED) is 0.778. The maximum absolute atomic E-state index is 5.71. The zero-order valence-corrected chi connectivity index (χ0v) is 10.0. The molecule has 0 radical (unpaired) electrons. The summed E-state index contributed by atoms with van der Waals surface area (Å²) >= 11 is 0. The van der Waals surface area contributed by atoms with Gasteiger partial charge in [-0.1, -0.05) is 6.92 Å². The van der Waals surface area contributed by atoms with Crippen molar-refractivity contribution in [1.29, 1.82) is 0 Å². The summed E-state index contributed by atoms with van der Waals surface area (Å²) in [6, 6.07) is 0. The zero-order valence-electron chi connectivity index (χ0n) is 10.0. The van der Waals surface area contributed by atoms with Crippen LogP contribution in [0.25, 0.3) is 0 Å². The van der Waals surface area contributed by atoms with Crippen molar-refractivity contribution in [3.05, 3.63) is 17.8 Å². The monoisotopic (exact) mass is 224 g/mol. The third-order valence-electron chi connectivity index (χ3n) is 2.88. The molecule has 1 fully saturated rings. The Hall–Kier alpha value is -0.870. The molecule has 4 nitrogen and oxygen atoms in total. The van der Waals surface area contributed by atoms with Crippen LogP contribution in [0.5, 0.6) is 0 Å². The molecule has 2 atom stereocenters. The van der Waals surface area contributed by atoms with Gasteiger partial charge in [0.2, 0.25) is 5.89 Å². The Kier molecular flexibility index (Phi) is 3.96. The Bertz CT molecular complexity index is 325. The molecular weight excluding hydrogens is 204 g/mol. The number of oxazole rings is 1. The van der Waals surface area contributed by atoms with E-state index in [-0.39, 0.29) is 0 Å². The van der Waals surface area contributed by atoms with Crippen molar-refractivity contribution < 1.29 is 9.15 Å². The zero-order chi connectivity index (χ0) is 11.4. The molecule has 90 valence electrons. The number of ether oxygens (including phenoxy) is 1. The average Bonchev–Trinajstić information content (AvgIpc) is 2.87. The van der Waals surface area contributed by atoms with E-state index in [4.69, 9.17) is 9.15 Å². The fourth-order valence-electron chi connectivity index (χ4n) is 1.98. The van der Waals surface area contributed by atoms with Crippen LogP contribution in [0.1, 0.15) is 44.3 Å². The van der Waals surface area contributed by atoms with Gasteiger partial charge in [-0.3, -0.25) is 0 Å². The second-order valence-electron chi connectivity index (χ2n) is 4.41. The maximum Gasteiger partial charge on any atom is 0.208 e. The average molecular weight is 224 g/mol. The van der Waals surface area contributed by atoms with Crippen molar-refractivity contribution in [2.75, 3.05) is 13.2 Å². The van der Waals surface area contributed by atoms with Gasteiger partial charge in [0.25, 0.3) is 0 Å². The van der Waals surface area contributed by atoms with Gasteiger partial charge < -0.3 is 14.5 Å². The van der Waals surface area contributed by atoms with Gasteiger partial charge in [-0.05, 0) is 26.3 Å². The highest BCUT2D eigenvalue weighted by molar-refractivity contribution is 5.04. The highest BCUT2D eigenvalue weighted by Crippen LogP contribution is 2.29. The fraction of sp³-hybridized carbons (Fsp3) is 0.750. The standard InChI is InChI=1S/C12H20N2O2/c1-3-4-13-7-12-14-6-11(16-12)10-5-9(2)15-8-10/h6,9-10,13H,3-5,7-8H2,1-2H3. The summed E-state index contributed by atoms with van der Waals surface area (Å²) in [4.78, 5) is 4.27. The first-order chi connectivity index (χ1) is 7.79. The molecule has 1 saturated heterocycles. The summed E-state index contributed by atoms with van der Waals surface area (Å²) in [6.45, 7) is 6.72. The molecule has 0 aromatic carbocycles. The first-order valence-corrected chi connectivity index (χ1v) is 6.06. The van der Waals surface area contributed by atoms with Gasteiger partial charge in [0.1, 0.15) is 5.76 Å². The molecule has 0 spiro atoms.